The number of anilines is 2. The summed E-state index contributed by atoms with van der Waals surface area (Å²) in [6, 6.07) is 9.60. The molecule has 4 rings (SSSR count). The Hall–Kier alpha value is -3.75. The molecule has 0 bridgehead atoms. The zero-order valence-corrected chi connectivity index (χ0v) is 16.2. The largest absolute Gasteiger partial charge is 0.462 e. The van der Waals surface area contributed by atoms with Crippen LogP contribution >= 0.6 is 0 Å². The summed E-state index contributed by atoms with van der Waals surface area (Å²) in [5.74, 6) is 0.956. The van der Waals surface area contributed by atoms with Crippen LogP contribution in [0.2, 0.25) is 0 Å². The SMILES string of the molecule is CCOC(=O)c1cnc2ccccc2c1NCCNc1cc(C)nc2ncnn12. The number of hydrogen-bond donors (Lipinski definition) is 2. The first-order chi connectivity index (χ1) is 14.2. The van der Waals surface area contributed by atoms with Crippen LogP contribution in [0.15, 0.2) is 42.9 Å². The molecule has 1 aromatic carbocycles. The molecule has 0 aliphatic rings. The monoisotopic (exact) mass is 391 g/mol. The van der Waals surface area contributed by atoms with Crippen molar-refractivity contribution in [1.82, 2.24) is 24.6 Å². The number of hydrogen-bond acceptors (Lipinski definition) is 8. The highest BCUT2D eigenvalue weighted by Gasteiger charge is 2.16. The molecule has 3 heterocycles. The summed E-state index contributed by atoms with van der Waals surface area (Å²) in [5.41, 5.74) is 2.80. The first-order valence-corrected chi connectivity index (χ1v) is 9.37. The summed E-state index contributed by atoms with van der Waals surface area (Å²) in [5, 5.41) is 11.7. The van der Waals surface area contributed by atoms with Crippen molar-refractivity contribution in [3.63, 3.8) is 0 Å². The third kappa shape index (κ3) is 3.79. The van der Waals surface area contributed by atoms with Gasteiger partial charge in [0.15, 0.2) is 0 Å². The number of fused-ring (bicyclic) bond motifs is 2. The van der Waals surface area contributed by atoms with Crippen LogP contribution in [-0.2, 0) is 4.74 Å². The standard InChI is InChI=1S/C20H21N7O2/c1-3-29-19(28)15-11-23-16-7-5-4-6-14(16)18(15)22-9-8-21-17-10-13(2)26-20-24-12-25-27(17)20/h4-7,10-12,21H,3,8-9H2,1-2H3,(H,22,23). The van der Waals surface area contributed by atoms with Crippen LogP contribution in [0.1, 0.15) is 23.0 Å². The lowest BCUT2D eigenvalue weighted by Gasteiger charge is -2.15. The second-order valence-electron chi connectivity index (χ2n) is 6.39. The Labute approximate surface area is 167 Å². The fourth-order valence-electron chi connectivity index (χ4n) is 3.13. The van der Waals surface area contributed by atoms with Crippen molar-refractivity contribution in [3.05, 3.63) is 54.1 Å². The van der Waals surface area contributed by atoms with E-state index >= 15 is 0 Å². The summed E-state index contributed by atoms with van der Waals surface area (Å²) in [7, 11) is 0. The van der Waals surface area contributed by atoms with Gasteiger partial charge in [0.05, 0.1) is 17.8 Å². The van der Waals surface area contributed by atoms with Gasteiger partial charge in [-0.3, -0.25) is 4.98 Å². The van der Waals surface area contributed by atoms with Crippen LogP contribution in [-0.4, -0.2) is 50.2 Å². The van der Waals surface area contributed by atoms with Crippen molar-refractivity contribution >= 4 is 34.2 Å². The molecule has 0 fully saturated rings. The van der Waals surface area contributed by atoms with E-state index < -0.39 is 5.97 Å². The Bertz CT molecular complexity index is 1170. The maximum Gasteiger partial charge on any atom is 0.341 e. The lowest BCUT2D eigenvalue weighted by atomic mass is 10.1. The van der Waals surface area contributed by atoms with Crippen molar-refractivity contribution in [1.29, 1.82) is 0 Å². The fourth-order valence-corrected chi connectivity index (χ4v) is 3.13. The Morgan fingerprint density at radius 3 is 2.86 bits per heavy atom. The van der Waals surface area contributed by atoms with Crippen molar-refractivity contribution in [2.24, 2.45) is 0 Å². The maximum atomic E-state index is 12.4. The topological polar surface area (TPSA) is 106 Å². The number of aromatic nitrogens is 5. The summed E-state index contributed by atoms with van der Waals surface area (Å²) < 4.78 is 6.84. The van der Waals surface area contributed by atoms with Gasteiger partial charge in [0.2, 0.25) is 0 Å². The van der Waals surface area contributed by atoms with Gasteiger partial charge in [-0.25, -0.2) is 9.78 Å². The number of nitrogens with zero attached hydrogens (tertiary/aromatic N) is 5. The van der Waals surface area contributed by atoms with Crippen molar-refractivity contribution in [2.75, 3.05) is 30.3 Å². The van der Waals surface area contributed by atoms with Gasteiger partial charge in [-0.15, -0.1) is 0 Å². The number of benzene rings is 1. The Morgan fingerprint density at radius 1 is 1.17 bits per heavy atom. The molecule has 29 heavy (non-hydrogen) atoms. The number of pyridine rings is 1. The van der Waals surface area contributed by atoms with Gasteiger partial charge in [0, 0.05) is 36.4 Å². The first-order valence-electron chi connectivity index (χ1n) is 9.37. The third-order valence-corrected chi connectivity index (χ3v) is 4.38. The minimum atomic E-state index is -0.393. The minimum Gasteiger partial charge on any atom is -0.462 e. The lowest BCUT2D eigenvalue weighted by molar-refractivity contribution is 0.0527. The molecule has 0 saturated heterocycles. The smallest absolute Gasteiger partial charge is 0.341 e. The molecule has 0 aliphatic carbocycles. The quantitative estimate of drug-likeness (QED) is 0.366. The van der Waals surface area contributed by atoms with Crippen LogP contribution in [0.25, 0.3) is 16.7 Å². The molecule has 0 radical (unpaired) electrons. The predicted octanol–water partition coefficient (Wildman–Crippen LogP) is 2.68. The molecule has 2 N–H and O–H groups in total. The van der Waals surface area contributed by atoms with Gasteiger partial charge >= 0.3 is 5.97 Å². The average Bonchev–Trinajstić information content (AvgIpc) is 3.19. The molecule has 9 heteroatoms. The maximum absolute atomic E-state index is 12.4. The minimum absolute atomic E-state index is 0.307. The Balaban J connectivity index is 1.53. The van der Waals surface area contributed by atoms with E-state index in [0.717, 1.165) is 22.4 Å². The number of para-hydroxylation sites is 1. The van der Waals surface area contributed by atoms with Gasteiger partial charge < -0.3 is 15.4 Å². The molecule has 4 aromatic rings. The molecule has 0 saturated carbocycles. The van der Waals surface area contributed by atoms with Crippen LogP contribution in [0.4, 0.5) is 11.5 Å². The molecule has 9 nitrogen and oxygen atoms in total. The first kappa shape index (κ1) is 18.6. The zero-order chi connectivity index (χ0) is 20.2. The molecule has 3 aromatic heterocycles. The van der Waals surface area contributed by atoms with E-state index in [2.05, 4.69) is 30.7 Å². The lowest BCUT2D eigenvalue weighted by Crippen LogP contribution is -2.18. The molecule has 0 spiro atoms. The molecule has 148 valence electrons. The Morgan fingerprint density at radius 2 is 2.00 bits per heavy atom. The molecule has 0 amide bonds. The molecule has 0 unspecified atom stereocenters. The summed E-state index contributed by atoms with van der Waals surface area (Å²) >= 11 is 0. The van der Waals surface area contributed by atoms with Gasteiger partial charge in [-0.1, -0.05) is 18.2 Å². The fraction of sp³-hybridized carbons (Fsp3) is 0.250. The van der Waals surface area contributed by atoms with Crippen molar-refractivity contribution < 1.29 is 9.53 Å². The summed E-state index contributed by atoms with van der Waals surface area (Å²) in [4.78, 5) is 25.2. The van der Waals surface area contributed by atoms with Crippen molar-refractivity contribution in [2.45, 2.75) is 13.8 Å². The zero-order valence-electron chi connectivity index (χ0n) is 16.2. The Kier molecular flexibility index (Phi) is 5.19. The highest BCUT2D eigenvalue weighted by Crippen LogP contribution is 2.26. The van der Waals surface area contributed by atoms with E-state index in [1.807, 2.05) is 37.3 Å². The van der Waals surface area contributed by atoms with Gasteiger partial charge in [0.25, 0.3) is 5.78 Å². The highest BCUT2D eigenvalue weighted by molar-refractivity contribution is 6.04. The normalized spacial score (nSPS) is 11.0. The van der Waals surface area contributed by atoms with Gasteiger partial charge in [-0.2, -0.15) is 14.6 Å². The van der Waals surface area contributed by atoms with Crippen LogP contribution in [0, 0.1) is 6.92 Å². The van der Waals surface area contributed by atoms with Crippen LogP contribution < -0.4 is 10.6 Å². The van der Waals surface area contributed by atoms with Gasteiger partial charge in [-0.05, 0) is 19.9 Å². The number of carbonyl (C=O) groups excluding carboxylic acids is 1. The highest BCUT2D eigenvalue weighted by atomic mass is 16.5. The van der Waals surface area contributed by atoms with Crippen molar-refractivity contribution in [3.8, 4) is 0 Å². The number of nitrogens with one attached hydrogen (secondary N) is 2. The number of esters is 1. The van der Waals surface area contributed by atoms with Gasteiger partial charge in [0.1, 0.15) is 17.7 Å². The molecular formula is C20H21N7O2. The molecule has 0 aliphatic heterocycles. The van der Waals surface area contributed by atoms with Crippen LogP contribution in [0.3, 0.4) is 0 Å². The van der Waals surface area contributed by atoms with E-state index in [-0.39, 0.29) is 0 Å². The predicted molar refractivity (Wildman–Crippen MR) is 110 cm³/mol. The molecular weight excluding hydrogens is 370 g/mol. The number of aryl methyl sites for hydroxylation is 1. The molecule has 0 atom stereocenters. The second-order valence-corrected chi connectivity index (χ2v) is 6.39. The van der Waals surface area contributed by atoms with E-state index in [1.165, 1.54) is 6.33 Å². The number of carbonyl (C=O) groups is 1. The average molecular weight is 391 g/mol. The van der Waals surface area contributed by atoms with E-state index in [1.54, 1.807) is 17.6 Å². The third-order valence-electron chi connectivity index (χ3n) is 4.38. The summed E-state index contributed by atoms with van der Waals surface area (Å²) in [6.45, 7) is 5.16. The van der Waals surface area contributed by atoms with E-state index in [4.69, 9.17) is 4.74 Å². The summed E-state index contributed by atoms with van der Waals surface area (Å²) in [6.07, 6.45) is 3.03. The second kappa shape index (κ2) is 8.09. The van der Waals surface area contributed by atoms with E-state index in [0.29, 0.717) is 36.7 Å². The van der Waals surface area contributed by atoms with Crippen LogP contribution in [0.5, 0.6) is 0 Å². The number of ether oxygens (including phenoxy) is 1. The number of rotatable bonds is 7. The van der Waals surface area contributed by atoms with E-state index in [9.17, 15) is 4.79 Å².